The van der Waals surface area contributed by atoms with Gasteiger partial charge in [0, 0.05) is 25.1 Å². The highest BCUT2D eigenvalue weighted by Crippen LogP contribution is 2.22. The zero-order valence-corrected chi connectivity index (χ0v) is 12.8. The average Bonchev–Trinajstić information content (AvgIpc) is 2.78. The molecule has 1 aliphatic heterocycles. The lowest BCUT2D eigenvalue weighted by atomic mass is 10.1. The predicted molar refractivity (Wildman–Crippen MR) is 79.9 cm³/mol. The first-order valence-corrected chi connectivity index (χ1v) is 7.43. The first-order valence-electron chi connectivity index (χ1n) is 7.05. The second-order valence-corrected chi connectivity index (χ2v) is 5.81. The minimum atomic E-state index is 0.574. The average molecular weight is 283 g/mol. The van der Waals surface area contributed by atoms with Gasteiger partial charge >= 0.3 is 0 Å². The van der Waals surface area contributed by atoms with Crippen LogP contribution in [0.25, 0.3) is 0 Å². The molecule has 19 heavy (non-hydrogen) atoms. The van der Waals surface area contributed by atoms with Crippen molar-refractivity contribution in [2.24, 2.45) is 5.92 Å². The van der Waals surface area contributed by atoms with Gasteiger partial charge in [-0.15, -0.1) is 0 Å². The van der Waals surface area contributed by atoms with E-state index in [9.17, 15) is 0 Å². The summed E-state index contributed by atoms with van der Waals surface area (Å²) in [4.78, 5) is 11.3. The topological polar surface area (TPSA) is 41.1 Å². The maximum Gasteiger partial charge on any atom is 0.137 e. The molecule has 0 aliphatic carbocycles. The van der Waals surface area contributed by atoms with E-state index in [1.54, 1.807) is 0 Å². The Labute approximate surface area is 120 Å². The number of rotatable bonds is 5. The van der Waals surface area contributed by atoms with Crippen molar-refractivity contribution in [1.29, 1.82) is 0 Å². The number of anilines is 1. The van der Waals surface area contributed by atoms with E-state index in [0.717, 1.165) is 43.1 Å². The molecule has 1 aromatic rings. The maximum absolute atomic E-state index is 6.17. The van der Waals surface area contributed by atoms with Crippen LogP contribution in [0, 0.1) is 12.8 Å². The number of nitrogens with one attached hydrogen (secondary N) is 1. The van der Waals surface area contributed by atoms with Crippen molar-refractivity contribution in [2.45, 2.75) is 33.1 Å². The Morgan fingerprint density at radius 3 is 2.84 bits per heavy atom. The van der Waals surface area contributed by atoms with Crippen molar-refractivity contribution in [2.75, 3.05) is 32.0 Å². The zero-order valence-electron chi connectivity index (χ0n) is 12.0. The van der Waals surface area contributed by atoms with Crippen LogP contribution >= 0.6 is 11.6 Å². The molecule has 0 saturated carbocycles. The molecule has 0 bridgehead atoms. The van der Waals surface area contributed by atoms with Gasteiger partial charge in [-0.25, -0.2) is 9.97 Å². The molecule has 1 fully saturated rings. The van der Waals surface area contributed by atoms with Crippen LogP contribution in [0.3, 0.4) is 0 Å². The largest absolute Gasteiger partial charge is 0.369 e. The first kappa shape index (κ1) is 14.5. The Hall–Kier alpha value is -0.870. The van der Waals surface area contributed by atoms with Crippen LogP contribution in [-0.2, 0) is 6.42 Å². The molecule has 4 nitrogen and oxygen atoms in total. The highest BCUT2D eigenvalue weighted by atomic mass is 35.5. The molecule has 0 aromatic carbocycles. The molecule has 5 heteroatoms. The summed E-state index contributed by atoms with van der Waals surface area (Å²) < 4.78 is 0. The normalized spacial score (nSPS) is 19.9. The van der Waals surface area contributed by atoms with Crippen LogP contribution in [-0.4, -0.2) is 41.5 Å². The van der Waals surface area contributed by atoms with Gasteiger partial charge < -0.3 is 10.2 Å². The number of aryl methyl sites for hydroxylation is 1. The Balaban J connectivity index is 2.02. The van der Waals surface area contributed by atoms with Gasteiger partial charge in [0.2, 0.25) is 0 Å². The molecule has 0 amide bonds. The Bertz CT molecular complexity index is 436. The van der Waals surface area contributed by atoms with Gasteiger partial charge in [-0.2, -0.15) is 0 Å². The molecule has 2 heterocycles. The summed E-state index contributed by atoms with van der Waals surface area (Å²) in [6.45, 7) is 7.41. The highest BCUT2D eigenvalue weighted by molar-refractivity contribution is 6.30. The second-order valence-electron chi connectivity index (χ2n) is 5.45. The predicted octanol–water partition coefficient (Wildman–Crippen LogP) is 2.75. The molecule has 2 rings (SSSR count). The van der Waals surface area contributed by atoms with Crippen LogP contribution < -0.4 is 5.32 Å². The number of hydrogen-bond acceptors (Lipinski definition) is 4. The fourth-order valence-electron chi connectivity index (χ4n) is 2.47. The van der Waals surface area contributed by atoms with E-state index in [4.69, 9.17) is 11.6 Å². The summed E-state index contributed by atoms with van der Waals surface area (Å²) in [6, 6.07) is 0. The van der Waals surface area contributed by atoms with E-state index >= 15 is 0 Å². The molecule has 1 aromatic heterocycles. The Kier molecular flexibility index (Phi) is 4.99. The van der Waals surface area contributed by atoms with Gasteiger partial charge in [0.1, 0.15) is 16.8 Å². The number of likely N-dealkylation sites (tertiary alicyclic amines) is 1. The quantitative estimate of drug-likeness (QED) is 0.843. The number of hydrogen-bond donors (Lipinski definition) is 1. The van der Waals surface area contributed by atoms with Crippen molar-refractivity contribution in [3.05, 3.63) is 16.5 Å². The SMILES string of the molecule is CCCc1nc(Cl)c(C)c(NCC2CCN(C)C2)n1. The van der Waals surface area contributed by atoms with Gasteiger partial charge in [0.05, 0.1) is 0 Å². The van der Waals surface area contributed by atoms with E-state index in [0.29, 0.717) is 11.1 Å². The Morgan fingerprint density at radius 2 is 2.21 bits per heavy atom. The molecule has 1 N–H and O–H groups in total. The highest BCUT2D eigenvalue weighted by Gasteiger charge is 2.19. The minimum absolute atomic E-state index is 0.574. The summed E-state index contributed by atoms with van der Waals surface area (Å²) in [5, 5.41) is 4.03. The first-order chi connectivity index (χ1) is 9.10. The molecule has 1 unspecified atom stereocenters. The molecule has 1 atom stereocenters. The van der Waals surface area contributed by atoms with E-state index in [2.05, 4.69) is 34.2 Å². The van der Waals surface area contributed by atoms with Crippen molar-refractivity contribution in [1.82, 2.24) is 14.9 Å². The second kappa shape index (κ2) is 6.53. The Morgan fingerprint density at radius 1 is 1.42 bits per heavy atom. The summed E-state index contributed by atoms with van der Waals surface area (Å²) in [6.07, 6.45) is 3.16. The van der Waals surface area contributed by atoms with Gasteiger partial charge in [-0.05, 0) is 39.3 Å². The molecule has 106 valence electrons. The van der Waals surface area contributed by atoms with Gasteiger partial charge in [0.25, 0.3) is 0 Å². The lowest BCUT2D eigenvalue weighted by Crippen LogP contribution is -2.20. The van der Waals surface area contributed by atoms with Crippen molar-refractivity contribution in [3.8, 4) is 0 Å². The maximum atomic E-state index is 6.17. The third-order valence-electron chi connectivity index (χ3n) is 3.65. The molecule has 1 aliphatic rings. The fraction of sp³-hybridized carbons (Fsp3) is 0.714. The third-order valence-corrected chi connectivity index (χ3v) is 4.02. The standard InChI is InChI=1S/C14H23ClN4/c1-4-5-12-17-13(15)10(2)14(18-12)16-8-11-6-7-19(3)9-11/h11H,4-9H2,1-3H3,(H,16,17,18). The van der Waals surface area contributed by atoms with Crippen LogP contribution in [0.5, 0.6) is 0 Å². The molecule has 1 saturated heterocycles. The van der Waals surface area contributed by atoms with Crippen LogP contribution in [0.2, 0.25) is 5.15 Å². The molecule has 0 spiro atoms. The zero-order chi connectivity index (χ0) is 13.8. The smallest absolute Gasteiger partial charge is 0.137 e. The van der Waals surface area contributed by atoms with Gasteiger partial charge in [-0.1, -0.05) is 18.5 Å². The fourth-order valence-corrected chi connectivity index (χ4v) is 2.66. The summed E-state index contributed by atoms with van der Waals surface area (Å²) in [7, 11) is 2.17. The monoisotopic (exact) mass is 282 g/mol. The van der Waals surface area contributed by atoms with Crippen LogP contribution in [0.1, 0.15) is 31.2 Å². The number of halogens is 1. The molecule has 0 radical (unpaired) electrons. The van der Waals surface area contributed by atoms with Gasteiger partial charge in [-0.3, -0.25) is 0 Å². The van der Waals surface area contributed by atoms with E-state index < -0.39 is 0 Å². The van der Waals surface area contributed by atoms with E-state index in [1.807, 2.05) is 6.92 Å². The summed E-state index contributed by atoms with van der Waals surface area (Å²) in [5.41, 5.74) is 0.952. The van der Waals surface area contributed by atoms with Crippen LogP contribution in [0.15, 0.2) is 0 Å². The number of nitrogens with zero attached hydrogens (tertiary/aromatic N) is 3. The lowest BCUT2D eigenvalue weighted by Gasteiger charge is -2.15. The lowest BCUT2D eigenvalue weighted by molar-refractivity contribution is 0.399. The van der Waals surface area contributed by atoms with E-state index in [1.165, 1.54) is 13.0 Å². The molecular weight excluding hydrogens is 260 g/mol. The van der Waals surface area contributed by atoms with Gasteiger partial charge in [0.15, 0.2) is 0 Å². The van der Waals surface area contributed by atoms with E-state index in [-0.39, 0.29) is 0 Å². The summed E-state index contributed by atoms with van der Waals surface area (Å²) in [5.74, 6) is 2.44. The number of aromatic nitrogens is 2. The third kappa shape index (κ3) is 3.80. The summed E-state index contributed by atoms with van der Waals surface area (Å²) >= 11 is 6.17. The molecular formula is C14H23ClN4. The van der Waals surface area contributed by atoms with Crippen molar-refractivity contribution < 1.29 is 0 Å². The van der Waals surface area contributed by atoms with Crippen molar-refractivity contribution >= 4 is 17.4 Å². The minimum Gasteiger partial charge on any atom is -0.369 e. The van der Waals surface area contributed by atoms with Crippen LogP contribution in [0.4, 0.5) is 5.82 Å². The van der Waals surface area contributed by atoms with Crippen molar-refractivity contribution in [3.63, 3.8) is 0 Å².